The Balaban J connectivity index is 2.39. The SMILES string of the molecule is CCCNC1CCC(O)(C(CC)CC)CC1. The van der Waals surface area contributed by atoms with Crippen LogP contribution in [0.5, 0.6) is 0 Å². The van der Waals surface area contributed by atoms with Crippen molar-refractivity contribution in [2.24, 2.45) is 5.92 Å². The lowest BCUT2D eigenvalue weighted by atomic mass is 9.72. The van der Waals surface area contributed by atoms with E-state index in [1.54, 1.807) is 0 Å². The van der Waals surface area contributed by atoms with Gasteiger partial charge in [0.15, 0.2) is 0 Å². The molecule has 0 radical (unpaired) electrons. The number of aliphatic hydroxyl groups is 1. The van der Waals surface area contributed by atoms with Gasteiger partial charge < -0.3 is 10.4 Å². The Morgan fingerprint density at radius 2 is 1.75 bits per heavy atom. The van der Waals surface area contributed by atoms with E-state index >= 15 is 0 Å². The first kappa shape index (κ1) is 14.0. The number of nitrogens with one attached hydrogen (secondary N) is 1. The summed E-state index contributed by atoms with van der Waals surface area (Å²) in [5, 5.41) is 14.2. The molecule has 2 N–H and O–H groups in total. The average molecular weight is 227 g/mol. The van der Waals surface area contributed by atoms with Crippen LogP contribution in [0.1, 0.15) is 65.7 Å². The number of hydrogen-bond acceptors (Lipinski definition) is 2. The molecule has 0 spiro atoms. The molecular formula is C14H29NO. The lowest BCUT2D eigenvalue weighted by Gasteiger charge is -2.41. The minimum absolute atomic E-state index is 0.367. The van der Waals surface area contributed by atoms with E-state index in [0.717, 1.165) is 45.1 Å². The summed E-state index contributed by atoms with van der Waals surface area (Å²) in [7, 11) is 0. The van der Waals surface area contributed by atoms with Crippen LogP contribution in [0.3, 0.4) is 0 Å². The Morgan fingerprint density at radius 3 is 2.19 bits per heavy atom. The molecule has 1 rings (SSSR count). The number of hydrogen-bond donors (Lipinski definition) is 2. The van der Waals surface area contributed by atoms with Crippen LogP contribution in [0.2, 0.25) is 0 Å². The standard InChI is InChI=1S/C14H29NO/c1-4-11-15-13-7-9-14(16,10-8-13)12(5-2)6-3/h12-13,15-16H,4-11H2,1-3H3. The van der Waals surface area contributed by atoms with Crippen molar-refractivity contribution in [3.8, 4) is 0 Å². The molecule has 0 unspecified atom stereocenters. The molecule has 0 bridgehead atoms. The fraction of sp³-hybridized carbons (Fsp3) is 1.00. The van der Waals surface area contributed by atoms with Gasteiger partial charge in [-0.25, -0.2) is 0 Å². The first-order valence-electron chi connectivity index (χ1n) is 7.12. The third kappa shape index (κ3) is 3.46. The third-order valence-electron chi connectivity index (χ3n) is 4.28. The van der Waals surface area contributed by atoms with Crippen molar-refractivity contribution in [3.63, 3.8) is 0 Å². The minimum Gasteiger partial charge on any atom is -0.390 e. The summed E-state index contributed by atoms with van der Waals surface area (Å²) in [6, 6.07) is 0.648. The van der Waals surface area contributed by atoms with Crippen molar-refractivity contribution in [1.29, 1.82) is 0 Å². The van der Waals surface area contributed by atoms with Crippen LogP contribution in [0.15, 0.2) is 0 Å². The zero-order valence-corrected chi connectivity index (χ0v) is 11.3. The molecule has 0 heterocycles. The van der Waals surface area contributed by atoms with Gasteiger partial charge in [-0.2, -0.15) is 0 Å². The van der Waals surface area contributed by atoms with Gasteiger partial charge >= 0.3 is 0 Å². The van der Waals surface area contributed by atoms with Gasteiger partial charge in [0.2, 0.25) is 0 Å². The molecular weight excluding hydrogens is 198 g/mol. The van der Waals surface area contributed by atoms with Crippen LogP contribution in [-0.4, -0.2) is 23.3 Å². The molecule has 96 valence electrons. The highest BCUT2D eigenvalue weighted by molar-refractivity contribution is 4.92. The lowest BCUT2D eigenvalue weighted by Crippen LogP contribution is -2.45. The topological polar surface area (TPSA) is 32.3 Å². The third-order valence-corrected chi connectivity index (χ3v) is 4.28. The molecule has 0 atom stereocenters. The molecule has 16 heavy (non-hydrogen) atoms. The lowest BCUT2D eigenvalue weighted by molar-refractivity contribution is -0.0573. The predicted octanol–water partition coefficient (Wildman–Crippen LogP) is 3.10. The highest BCUT2D eigenvalue weighted by Crippen LogP contribution is 2.37. The maximum absolute atomic E-state index is 10.6. The van der Waals surface area contributed by atoms with E-state index in [0.29, 0.717) is 12.0 Å². The van der Waals surface area contributed by atoms with Gasteiger partial charge in [0, 0.05) is 6.04 Å². The summed E-state index contributed by atoms with van der Waals surface area (Å²) in [4.78, 5) is 0. The normalized spacial score (nSPS) is 30.9. The molecule has 1 saturated carbocycles. The molecule has 0 aromatic heterocycles. The Morgan fingerprint density at radius 1 is 1.19 bits per heavy atom. The molecule has 0 aromatic rings. The van der Waals surface area contributed by atoms with E-state index in [1.165, 1.54) is 6.42 Å². The van der Waals surface area contributed by atoms with Crippen molar-refractivity contribution in [1.82, 2.24) is 5.32 Å². The predicted molar refractivity (Wildman–Crippen MR) is 69.6 cm³/mol. The summed E-state index contributed by atoms with van der Waals surface area (Å²) in [6.45, 7) is 7.73. The van der Waals surface area contributed by atoms with E-state index in [9.17, 15) is 5.11 Å². The molecule has 2 nitrogen and oxygen atoms in total. The van der Waals surface area contributed by atoms with E-state index in [4.69, 9.17) is 0 Å². The molecule has 1 aliphatic rings. The van der Waals surface area contributed by atoms with E-state index in [1.807, 2.05) is 0 Å². The molecule has 2 heteroatoms. The zero-order chi connectivity index (χ0) is 12.0. The van der Waals surface area contributed by atoms with Crippen LogP contribution >= 0.6 is 0 Å². The smallest absolute Gasteiger partial charge is 0.0676 e. The Bertz CT molecular complexity index is 181. The Kier molecular flexibility index (Phi) is 5.77. The van der Waals surface area contributed by atoms with Gasteiger partial charge in [-0.3, -0.25) is 0 Å². The van der Waals surface area contributed by atoms with Crippen molar-refractivity contribution in [2.75, 3.05) is 6.54 Å². The number of rotatable bonds is 6. The maximum atomic E-state index is 10.6. The van der Waals surface area contributed by atoms with Crippen LogP contribution in [-0.2, 0) is 0 Å². The van der Waals surface area contributed by atoms with Crippen LogP contribution in [0, 0.1) is 5.92 Å². The summed E-state index contributed by atoms with van der Waals surface area (Å²) < 4.78 is 0. The molecule has 0 amide bonds. The Labute approximate surface area is 101 Å². The maximum Gasteiger partial charge on any atom is 0.0676 e. The molecule has 0 aromatic carbocycles. The molecule has 1 fully saturated rings. The van der Waals surface area contributed by atoms with Crippen molar-refractivity contribution in [2.45, 2.75) is 77.4 Å². The van der Waals surface area contributed by atoms with Gasteiger partial charge in [-0.05, 0) is 44.6 Å². The summed E-state index contributed by atoms with van der Waals surface area (Å²) >= 11 is 0. The van der Waals surface area contributed by atoms with Gasteiger partial charge in [-0.15, -0.1) is 0 Å². The van der Waals surface area contributed by atoms with Gasteiger partial charge in [0.1, 0.15) is 0 Å². The van der Waals surface area contributed by atoms with Crippen molar-refractivity contribution in [3.05, 3.63) is 0 Å². The summed E-state index contributed by atoms with van der Waals surface area (Å²) in [5.41, 5.74) is -0.367. The molecule has 0 aliphatic heterocycles. The van der Waals surface area contributed by atoms with Crippen molar-refractivity contribution < 1.29 is 5.11 Å². The largest absolute Gasteiger partial charge is 0.390 e. The summed E-state index contributed by atoms with van der Waals surface area (Å²) in [5.74, 6) is 0.500. The second-order valence-corrected chi connectivity index (χ2v) is 5.35. The quantitative estimate of drug-likeness (QED) is 0.731. The highest BCUT2D eigenvalue weighted by Gasteiger charge is 2.38. The van der Waals surface area contributed by atoms with E-state index in [-0.39, 0.29) is 5.60 Å². The minimum atomic E-state index is -0.367. The fourth-order valence-corrected chi connectivity index (χ4v) is 3.13. The highest BCUT2D eigenvalue weighted by atomic mass is 16.3. The van der Waals surface area contributed by atoms with E-state index in [2.05, 4.69) is 26.1 Å². The monoisotopic (exact) mass is 227 g/mol. The molecule has 1 aliphatic carbocycles. The zero-order valence-electron chi connectivity index (χ0n) is 11.3. The second kappa shape index (κ2) is 6.61. The first-order valence-corrected chi connectivity index (χ1v) is 7.12. The summed E-state index contributed by atoms with van der Waals surface area (Å²) in [6.07, 6.45) is 7.69. The fourth-order valence-electron chi connectivity index (χ4n) is 3.13. The van der Waals surface area contributed by atoms with Crippen LogP contribution < -0.4 is 5.32 Å². The van der Waals surface area contributed by atoms with E-state index < -0.39 is 0 Å². The average Bonchev–Trinajstić information content (AvgIpc) is 2.30. The van der Waals surface area contributed by atoms with Crippen LogP contribution in [0.4, 0.5) is 0 Å². The Hall–Kier alpha value is -0.0800. The van der Waals surface area contributed by atoms with Crippen molar-refractivity contribution >= 4 is 0 Å². The van der Waals surface area contributed by atoms with Gasteiger partial charge in [0.05, 0.1) is 5.60 Å². The van der Waals surface area contributed by atoms with Gasteiger partial charge in [-0.1, -0.05) is 33.6 Å². The molecule has 0 saturated heterocycles. The second-order valence-electron chi connectivity index (χ2n) is 5.35. The first-order chi connectivity index (χ1) is 7.66. The van der Waals surface area contributed by atoms with Gasteiger partial charge in [0.25, 0.3) is 0 Å². The van der Waals surface area contributed by atoms with Crippen LogP contribution in [0.25, 0.3) is 0 Å².